The molecular weight excluding hydrogens is 466 g/mol. The number of aryl methyl sites for hydroxylation is 2. The number of anilines is 1. The van der Waals surface area contributed by atoms with Crippen molar-refractivity contribution in [2.24, 2.45) is 0 Å². The number of fused-ring (bicyclic) bond motifs is 3. The number of hydrogen-bond acceptors (Lipinski definition) is 5. The maximum atomic E-state index is 13.4. The first-order valence-corrected chi connectivity index (χ1v) is 11.4. The number of ether oxygens (including phenoxy) is 1. The van der Waals surface area contributed by atoms with Gasteiger partial charge in [0.1, 0.15) is 12.3 Å². The Labute approximate surface area is 205 Å². The van der Waals surface area contributed by atoms with Gasteiger partial charge in [-0.1, -0.05) is 41.9 Å². The molecule has 176 valence electrons. The van der Waals surface area contributed by atoms with E-state index < -0.39 is 11.6 Å². The number of aromatic nitrogens is 4. The SMILES string of the molecule is Cc1ccc(Cl)cc1NC(=O)Cn1nc2c(Oc3cccc(C)c3C)nc3ccccc3n2c1=O. The van der Waals surface area contributed by atoms with Crippen molar-refractivity contribution in [3.63, 3.8) is 0 Å². The van der Waals surface area contributed by atoms with Crippen LogP contribution in [0, 0.1) is 20.8 Å². The van der Waals surface area contributed by atoms with E-state index in [4.69, 9.17) is 16.3 Å². The highest BCUT2D eigenvalue weighted by molar-refractivity contribution is 6.31. The van der Waals surface area contributed by atoms with Crippen LogP contribution in [0.2, 0.25) is 5.02 Å². The lowest BCUT2D eigenvalue weighted by atomic mass is 10.1. The van der Waals surface area contributed by atoms with Gasteiger partial charge in [-0.25, -0.2) is 18.9 Å². The summed E-state index contributed by atoms with van der Waals surface area (Å²) in [6.07, 6.45) is 0. The van der Waals surface area contributed by atoms with E-state index >= 15 is 0 Å². The van der Waals surface area contributed by atoms with Crippen molar-refractivity contribution in [3.05, 3.63) is 92.9 Å². The zero-order valence-corrected chi connectivity index (χ0v) is 20.1. The van der Waals surface area contributed by atoms with Gasteiger partial charge < -0.3 is 10.1 Å². The predicted octanol–water partition coefficient (Wildman–Crippen LogP) is 5.05. The van der Waals surface area contributed by atoms with Crippen molar-refractivity contribution in [1.29, 1.82) is 0 Å². The van der Waals surface area contributed by atoms with E-state index in [9.17, 15) is 9.59 Å². The molecular formula is C26H22ClN5O3. The lowest BCUT2D eigenvalue weighted by Gasteiger charge is -2.11. The van der Waals surface area contributed by atoms with Crippen LogP contribution < -0.4 is 15.7 Å². The fraction of sp³-hybridized carbons (Fsp3) is 0.154. The summed E-state index contributed by atoms with van der Waals surface area (Å²) in [6.45, 7) is 5.52. The number of rotatable bonds is 5. The highest BCUT2D eigenvalue weighted by Crippen LogP contribution is 2.29. The quantitative estimate of drug-likeness (QED) is 0.374. The van der Waals surface area contributed by atoms with Crippen LogP contribution in [0.25, 0.3) is 16.7 Å². The lowest BCUT2D eigenvalue weighted by Crippen LogP contribution is -2.28. The molecule has 0 radical (unpaired) electrons. The minimum atomic E-state index is -0.470. The third-order valence-electron chi connectivity index (χ3n) is 5.90. The van der Waals surface area contributed by atoms with Crippen molar-refractivity contribution in [1.82, 2.24) is 19.2 Å². The van der Waals surface area contributed by atoms with Crippen molar-refractivity contribution in [2.45, 2.75) is 27.3 Å². The third kappa shape index (κ3) is 4.24. The maximum Gasteiger partial charge on any atom is 0.351 e. The number of carbonyl (C=O) groups excluding carboxylic acids is 1. The number of nitrogens with one attached hydrogen (secondary N) is 1. The summed E-state index contributed by atoms with van der Waals surface area (Å²) in [6, 6.07) is 18.2. The first kappa shape index (κ1) is 22.6. The van der Waals surface area contributed by atoms with Gasteiger partial charge in [0.2, 0.25) is 11.6 Å². The summed E-state index contributed by atoms with van der Waals surface area (Å²) >= 11 is 6.06. The molecule has 2 heterocycles. The Bertz CT molecular complexity index is 1670. The van der Waals surface area contributed by atoms with Gasteiger partial charge in [-0.2, -0.15) is 0 Å². The lowest BCUT2D eigenvalue weighted by molar-refractivity contribution is -0.117. The summed E-state index contributed by atoms with van der Waals surface area (Å²) < 4.78 is 8.67. The highest BCUT2D eigenvalue weighted by atomic mass is 35.5. The summed E-state index contributed by atoms with van der Waals surface area (Å²) in [5.74, 6) is 0.389. The van der Waals surface area contributed by atoms with Gasteiger partial charge in [0.05, 0.1) is 11.0 Å². The number of carbonyl (C=O) groups is 1. The van der Waals surface area contributed by atoms with Gasteiger partial charge in [-0.05, 0) is 67.8 Å². The van der Waals surface area contributed by atoms with Gasteiger partial charge in [0.25, 0.3) is 5.88 Å². The third-order valence-corrected chi connectivity index (χ3v) is 6.14. The summed E-state index contributed by atoms with van der Waals surface area (Å²) in [5.41, 5.74) is 4.34. The Morgan fingerprint density at radius 3 is 2.66 bits per heavy atom. The van der Waals surface area contributed by atoms with E-state index in [2.05, 4.69) is 15.4 Å². The van der Waals surface area contributed by atoms with Crippen molar-refractivity contribution < 1.29 is 9.53 Å². The standard InChI is InChI=1S/C26H22ClN5O3/c1-15-7-6-10-22(17(15)3)35-25-24-30-31(14-23(33)28-20-13-18(27)12-11-16(20)2)26(34)32(24)21-9-5-4-8-19(21)29-25/h4-13H,14H2,1-3H3,(H,28,33). The van der Waals surface area contributed by atoms with Gasteiger partial charge in [-0.15, -0.1) is 5.10 Å². The van der Waals surface area contributed by atoms with Crippen LogP contribution in [0.3, 0.4) is 0 Å². The molecule has 0 aliphatic rings. The molecule has 8 nitrogen and oxygen atoms in total. The van der Waals surface area contributed by atoms with Crippen LogP contribution in [0.4, 0.5) is 5.69 Å². The fourth-order valence-corrected chi connectivity index (χ4v) is 4.01. The monoisotopic (exact) mass is 487 g/mol. The molecule has 3 aromatic carbocycles. The number of benzene rings is 3. The summed E-state index contributed by atoms with van der Waals surface area (Å²) in [5, 5.41) is 7.72. The molecule has 0 fully saturated rings. The fourth-order valence-electron chi connectivity index (χ4n) is 3.84. The largest absolute Gasteiger partial charge is 0.436 e. The molecule has 35 heavy (non-hydrogen) atoms. The van der Waals surface area contributed by atoms with Crippen LogP contribution in [0.5, 0.6) is 11.6 Å². The summed E-state index contributed by atoms with van der Waals surface area (Å²) in [7, 11) is 0. The van der Waals surface area contributed by atoms with Crippen LogP contribution in [-0.4, -0.2) is 25.1 Å². The molecule has 0 aliphatic carbocycles. The van der Waals surface area contributed by atoms with Crippen LogP contribution >= 0.6 is 11.6 Å². The Balaban J connectivity index is 1.58. The van der Waals surface area contributed by atoms with E-state index in [0.29, 0.717) is 27.5 Å². The van der Waals surface area contributed by atoms with Gasteiger partial charge in [0, 0.05) is 10.7 Å². The molecule has 0 spiro atoms. The topological polar surface area (TPSA) is 90.5 Å². The van der Waals surface area contributed by atoms with Gasteiger partial charge in [0.15, 0.2) is 0 Å². The molecule has 1 amide bonds. The molecule has 2 aromatic heterocycles. The second kappa shape index (κ2) is 8.88. The predicted molar refractivity (Wildman–Crippen MR) is 136 cm³/mol. The minimum Gasteiger partial charge on any atom is -0.436 e. The Kier molecular flexibility index (Phi) is 5.74. The zero-order valence-electron chi connectivity index (χ0n) is 19.4. The van der Waals surface area contributed by atoms with Crippen LogP contribution in [0.15, 0.2) is 65.5 Å². The molecule has 5 aromatic rings. The Morgan fingerprint density at radius 2 is 1.83 bits per heavy atom. The Hall–Kier alpha value is -4.17. The molecule has 0 atom stereocenters. The average Bonchev–Trinajstić information content (AvgIpc) is 3.15. The first-order chi connectivity index (χ1) is 16.8. The van der Waals surface area contributed by atoms with E-state index in [0.717, 1.165) is 21.4 Å². The van der Waals surface area contributed by atoms with E-state index in [1.807, 2.05) is 57.2 Å². The van der Waals surface area contributed by atoms with Gasteiger partial charge in [-0.3, -0.25) is 4.79 Å². The normalized spacial score (nSPS) is 11.2. The second-order valence-electron chi connectivity index (χ2n) is 8.31. The first-order valence-electron chi connectivity index (χ1n) is 11.0. The van der Waals surface area contributed by atoms with E-state index in [-0.39, 0.29) is 18.1 Å². The highest BCUT2D eigenvalue weighted by Gasteiger charge is 2.20. The van der Waals surface area contributed by atoms with E-state index in [1.165, 1.54) is 4.40 Å². The molecule has 0 unspecified atom stereocenters. The molecule has 1 N–H and O–H groups in total. The molecule has 0 saturated carbocycles. The molecule has 9 heteroatoms. The number of nitrogens with zero attached hydrogens (tertiary/aromatic N) is 4. The van der Waals surface area contributed by atoms with Gasteiger partial charge >= 0.3 is 5.69 Å². The molecule has 0 saturated heterocycles. The van der Waals surface area contributed by atoms with Crippen LogP contribution in [-0.2, 0) is 11.3 Å². The summed E-state index contributed by atoms with van der Waals surface area (Å²) in [4.78, 5) is 30.8. The maximum absolute atomic E-state index is 13.4. The number of para-hydroxylation sites is 2. The van der Waals surface area contributed by atoms with Crippen molar-refractivity contribution in [3.8, 4) is 11.6 Å². The number of amides is 1. The van der Waals surface area contributed by atoms with Crippen LogP contribution in [0.1, 0.15) is 16.7 Å². The molecule has 5 rings (SSSR count). The number of halogens is 1. The molecule has 0 bridgehead atoms. The smallest absolute Gasteiger partial charge is 0.351 e. The molecule has 0 aliphatic heterocycles. The van der Waals surface area contributed by atoms with E-state index in [1.54, 1.807) is 24.3 Å². The second-order valence-corrected chi connectivity index (χ2v) is 8.75. The van der Waals surface area contributed by atoms with Crippen molar-refractivity contribution >= 4 is 39.9 Å². The number of hydrogen-bond donors (Lipinski definition) is 1. The van der Waals surface area contributed by atoms with Crippen molar-refractivity contribution in [2.75, 3.05) is 5.32 Å². The average molecular weight is 488 g/mol. The Morgan fingerprint density at radius 1 is 1.03 bits per heavy atom. The zero-order chi connectivity index (χ0) is 24.7. The minimum absolute atomic E-state index is 0.180.